The number of hydrogen-bond donors (Lipinski definition) is 0. The van der Waals surface area contributed by atoms with Crippen molar-refractivity contribution in [1.29, 1.82) is 0 Å². The summed E-state index contributed by atoms with van der Waals surface area (Å²) in [6.45, 7) is 0. The Balaban J connectivity index is 0.000000132. The van der Waals surface area contributed by atoms with Crippen molar-refractivity contribution in [2.75, 3.05) is 14.7 Å². The van der Waals surface area contributed by atoms with Gasteiger partial charge in [0.2, 0.25) is 0 Å². The Morgan fingerprint density at radius 1 is 0.153 bits per heavy atom. The summed E-state index contributed by atoms with van der Waals surface area (Å²) in [6.07, 6.45) is 0. The lowest BCUT2D eigenvalue weighted by Gasteiger charge is -2.27. The summed E-state index contributed by atoms with van der Waals surface area (Å²) in [4.78, 5) is 4.98. The van der Waals surface area contributed by atoms with Crippen LogP contribution in [0.3, 0.4) is 0 Å². The highest BCUT2D eigenvalue weighted by molar-refractivity contribution is 6.24. The van der Waals surface area contributed by atoms with E-state index in [1.165, 1.54) is 43.8 Å². The van der Waals surface area contributed by atoms with E-state index in [0.29, 0.717) is 10.5 Å². The predicted octanol–water partition coefficient (Wildman–Crippen LogP) is 39.8. The van der Waals surface area contributed by atoms with Crippen molar-refractivity contribution >= 4 is 182 Å². The van der Waals surface area contributed by atoms with Crippen LogP contribution >= 0.6 is 0 Å². The lowest BCUT2D eigenvalue weighted by atomic mass is 9.97. The van der Waals surface area contributed by atoms with Crippen molar-refractivity contribution in [2.24, 2.45) is 0 Å². The monoisotopic (exact) mass is 1870 g/mol. The number of fused-ring (bicyclic) bond motifs is 18. The average molecular weight is 1870 g/mol. The van der Waals surface area contributed by atoms with Gasteiger partial charge in [-0.15, -0.1) is 0 Å². The van der Waals surface area contributed by atoms with Crippen molar-refractivity contribution in [3.63, 3.8) is 0 Å². The van der Waals surface area contributed by atoms with Crippen molar-refractivity contribution in [1.82, 2.24) is 0 Å². The molecule has 6 heteroatoms. The van der Waals surface area contributed by atoms with Gasteiger partial charge in [-0.2, -0.15) is 0 Å². The maximum absolute atomic E-state index is 9.61. The average Bonchev–Trinajstić information content (AvgIpc) is 0.990. The molecule has 0 aliphatic carbocycles. The van der Waals surface area contributed by atoms with Crippen LogP contribution in [-0.4, -0.2) is 0 Å². The van der Waals surface area contributed by atoms with E-state index < -0.39 is 264 Å². The largest absolute Gasteiger partial charge is 0.455 e. The van der Waals surface area contributed by atoms with Gasteiger partial charge in [0.05, 0.1) is 79.8 Å². The molecule has 3 heterocycles. The molecular weight excluding hydrogens is 1750 g/mol. The second kappa shape index (κ2) is 37.0. The standard InChI is InChI=1S/C50H33NO.2C44H29NO/c1-3-12-34(13-4-1)35-22-27-40(28-23-35)51(41-29-24-39(25-30-41)43-21-11-18-36-16-7-9-19-42(36)43)47-33-32-45(37-14-5-2-6-15-37)50-48(47)46-31-26-38-17-8-10-20-44(38)49(46)52-50;1-2-10-30(11-3-1)31-20-25-35(26-21-31)45(36-27-22-34(23-28-36)38-17-8-14-32-12-4-6-15-37(32)38)41-18-9-19-42-43(41)40-29-24-33-13-5-7-16-39(33)44(40)46-42;1-2-9-30(10-3-1)32-19-24-37(25-20-32)45(38-26-21-33(22-27-38)36-18-17-31-11-4-5-13-35(31)29-36)41-15-8-16-42-43(41)40-28-23-34-12-6-7-14-39(34)44(40)46-42/h1-33H;2*1-29H/i;1D,2D,3D,10D,11D;1D,2D,3D,4D,5D,6D,7D,8D,9D,10D,11D,12D,13D,14D,15D,16D,17D,18D,19D,20D,21D,22D,23D,24D,25D,26D,27D,28D,29D. The molecule has 3 aromatic heterocycles. The Hall–Kier alpha value is -19.1. The van der Waals surface area contributed by atoms with Crippen LogP contribution in [0.15, 0.2) is 564 Å². The number of benzene rings is 25. The fourth-order valence-electron chi connectivity index (χ4n) is 19.2. The molecule has 25 aromatic carbocycles. The second-order valence-electron chi connectivity index (χ2n) is 34.2. The molecule has 28 aromatic rings. The summed E-state index contributed by atoms with van der Waals surface area (Å²) in [6, 6.07) is 90.6. The Morgan fingerprint density at radius 2 is 0.542 bits per heavy atom. The predicted molar refractivity (Wildman–Crippen MR) is 608 cm³/mol. The molecule has 28 rings (SSSR count). The van der Waals surface area contributed by atoms with Crippen LogP contribution in [0.25, 0.3) is 208 Å². The fourth-order valence-corrected chi connectivity index (χ4v) is 19.2. The van der Waals surface area contributed by atoms with Gasteiger partial charge < -0.3 is 28.0 Å². The molecule has 0 spiro atoms. The Labute approximate surface area is 881 Å². The summed E-state index contributed by atoms with van der Waals surface area (Å²) in [5.74, 6) is 0. The summed E-state index contributed by atoms with van der Waals surface area (Å²) in [7, 11) is 0. The third kappa shape index (κ3) is 15.8. The van der Waals surface area contributed by atoms with Crippen LogP contribution < -0.4 is 14.7 Å². The van der Waals surface area contributed by atoms with Crippen molar-refractivity contribution < 1.29 is 59.9 Å². The van der Waals surface area contributed by atoms with Gasteiger partial charge in [0.1, 0.15) is 33.5 Å². The molecule has 0 saturated heterocycles. The van der Waals surface area contributed by atoms with Crippen LogP contribution in [0.4, 0.5) is 51.2 Å². The van der Waals surface area contributed by atoms with Gasteiger partial charge in [-0.1, -0.05) is 418 Å². The number of furan rings is 3. The third-order valence-electron chi connectivity index (χ3n) is 25.9. The molecule has 0 aliphatic rings. The maximum atomic E-state index is 9.61. The first-order chi connectivity index (χ1) is 85.6. The molecular formula is C138H91N3O3. The van der Waals surface area contributed by atoms with Crippen LogP contribution in [-0.2, 0) is 0 Å². The lowest BCUT2D eigenvalue weighted by molar-refractivity contribution is 0.672. The highest BCUT2D eigenvalue weighted by Gasteiger charge is 2.28. The third-order valence-corrected chi connectivity index (χ3v) is 25.9. The van der Waals surface area contributed by atoms with Crippen LogP contribution in [0.2, 0.25) is 0 Å². The molecule has 0 fully saturated rings. The van der Waals surface area contributed by atoms with Crippen LogP contribution in [0.5, 0.6) is 0 Å². The first-order valence-electron chi connectivity index (χ1n) is 63.4. The summed E-state index contributed by atoms with van der Waals surface area (Å²) in [5, 5.41) is 9.84. The van der Waals surface area contributed by atoms with E-state index in [2.05, 4.69) is 307 Å². The summed E-state index contributed by atoms with van der Waals surface area (Å²) < 4.78 is 319. The van der Waals surface area contributed by atoms with E-state index >= 15 is 0 Å². The SMILES string of the molecule is [2H]c1c([2H])c([2H])c(-c2c([2H])c([2H])c(N(c3c([2H])c([2H])c(-c4c([2H])c([2H])c5c([2H])c([2H])c([2H])c([2H])c5c4[2H])c([2H])c3[2H])c3c([2H])c([2H])c([2H])c4oc5c6c([2H])c([2H])c([2H])c([2H])c6c([2H])c([2H])c5c34)c([2H])c2[2H])c([2H])c1[2H].[2H]c1c([2H])c([2H])c(-c2ccc(N(c3ccc(-c4cccc5ccccc45)cc3)c3cccc4oc5c6ccccc6ccc5c34)cc2)c([2H])c1[2H].c1ccc(-c2ccc(N(c3ccc(-c4cccc5ccccc45)cc3)c3ccc(-c4ccccc4)c4oc5c6ccccc6ccc5c34)cc2)cc1. The quantitative estimate of drug-likeness (QED) is 0.0961. The first kappa shape index (κ1) is 56.7. The van der Waals surface area contributed by atoms with E-state index in [1.807, 2.05) is 48.5 Å². The number of anilines is 9. The second-order valence-corrected chi connectivity index (χ2v) is 34.2. The van der Waals surface area contributed by atoms with Crippen molar-refractivity contribution in [3.8, 4) is 77.9 Å². The summed E-state index contributed by atoms with van der Waals surface area (Å²) >= 11 is 0. The minimum absolute atomic E-state index is 0.174. The van der Waals surface area contributed by atoms with Crippen molar-refractivity contribution in [2.45, 2.75) is 0 Å². The van der Waals surface area contributed by atoms with Gasteiger partial charge in [0.15, 0.2) is 0 Å². The highest BCUT2D eigenvalue weighted by Crippen LogP contribution is 2.52. The molecule has 0 bridgehead atoms. The Morgan fingerprint density at radius 3 is 1.12 bits per heavy atom. The zero-order chi connectivity index (χ0) is 125. The van der Waals surface area contributed by atoms with E-state index in [9.17, 15) is 13.7 Å². The number of rotatable bonds is 16. The van der Waals surface area contributed by atoms with Crippen LogP contribution in [0, 0.1) is 0 Å². The summed E-state index contributed by atoms with van der Waals surface area (Å²) in [5.41, 5.74) is 11.2. The molecule has 0 N–H and O–H groups in total. The zero-order valence-corrected chi connectivity index (χ0v) is 76.0. The topological polar surface area (TPSA) is 49.1 Å². The Kier molecular flexibility index (Phi) is 14.6. The van der Waals surface area contributed by atoms with Gasteiger partial charge in [0, 0.05) is 72.0 Å². The molecule has 0 saturated carbocycles. The minimum atomic E-state index is -1.26. The molecule has 676 valence electrons. The lowest BCUT2D eigenvalue weighted by Crippen LogP contribution is -2.10. The molecule has 0 aliphatic heterocycles. The number of nitrogens with zero attached hydrogens (tertiary/aromatic N) is 3. The first-order valence-corrected chi connectivity index (χ1v) is 46.4. The van der Waals surface area contributed by atoms with Gasteiger partial charge in [-0.3, -0.25) is 0 Å². The minimum Gasteiger partial charge on any atom is -0.455 e. The Bertz CT molecular complexity index is 11800. The highest BCUT2D eigenvalue weighted by atomic mass is 16.3. The van der Waals surface area contributed by atoms with E-state index in [1.54, 1.807) is 0 Å². The van der Waals surface area contributed by atoms with E-state index in [-0.39, 0.29) is 29.7 Å². The molecule has 6 nitrogen and oxygen atoms in total. The maximum Gasteiger partial charge on any atom is 0.145 e. The molecule has 0 amide bonds. The van der Waals surface area contributed by atoms with Crippen molar-refractivity contribution in [3.05, 3.63) is 551 Å². The van der Waals surface area contributed by atoms with E-state index in [0.717, 1.165) is 122 Å². The smallest absolute Gasteiger partial charge is 0.145 e. The molecule has 144 heavy (non-hydrogen) atoms. The van der Waals surface area contributed by atoms with Gasteiger partial charge in [0.25, 0.3) is 0 Å². The van der Waals surface area contributed by atoms with Crippen LogP contribution in [0.1, 0.15) is 46.6 Å². The van der Waals surface area contributed by atoms with Gasteiger partial charge in [-0.25, -0.2) is 0 Å². The number of hydrogen-bond acceptors (Lipinski definition) is 6. The molecule has 0 radical (unpaired) electrons. The molecule has 0 atom stereocenters. The molecule has 0 unspecified atom stereocenters. The van der Waals surface area contributed by atoms with E-state index in [4.69, 9.17) is 46.1 Å². The van der Waals surface area contributed by atoms with Gasteiger partial charge >= 0.3 is 0 Å². The zero-order valence-electron chi connectivity index (χ0n) is 110. The van der Waals surface area contributed by atoms with Gasteiger partial charge in [-0.05, 0) is 254 Å². The normalized spacial score (nSPS) is 14.8. The fraction of sp³-hybridized carbons (Fsp3) is 0.